The monoisotopic (exact) mass is 241 g/mol. The Morgan fingerprint density at radius 2 is 2.38 bits per heavy atom. The van der Waals surface area contributed by atoms with Crippen LogP contribution in [0.5, 0.6) is 5.75 Å². The zero-order valence-electron chi connectivity index (χ0n) is 8.57. The molecule has 4 nitrogen and oxygen atoms in total. The lowest BCUT2D eigenvalue weighted by atomic mass is 10.2. The average Bonchev–Trinajstić information content (AvgIpc) is 2.77. The number of anilines is 1. The van der Waals surface area contributed by atoms with Crippen molar-refractivity contribution in [3.63, 3.8) is 0 Å². The van der Waals surface area contributed by atoms with Crippen LogP contribution in [0, 0.1) is 0 Å². The standard InChI is InChI=1S/C11H12ClNO3/c12-8-6-7(3-4-9(8)14)13-11(15)10-2-1-5-16-10/h3-4,6,10,14H,1-2,5H2,(H,13,15). The zero-order chi connectivity index (χ0) is 11.5. The van der Waals surface area contributed by atoms with E-state index in [1.54, 1.807) is 6.07 Å². The average molecular weight is 242 g/mol. The molecular weight excluding hydrogens is 230 g/mol. The fourth-order valence-electron chi connectivity index (χ4n) is 1.59. The Morgan fingerprint density at radius 3 is 3.00 bits per heavy atom. The Labute approximate surface area is 98.2 Å². The maximum absolute atomic E-state index is 11.7. The van der Waals surface area contributed by atoms with Gasteiger partial charge in [0.2, 0.25) is 0 Å². The van der Waals surface area contributed by atoms with Crippen molar-refractivity contribution < 1.29 is 14.6 Å². The van der Waals surface area contributed by atoms with E-state index in [4.69, 9.17) is 16.3 Å². The van der Waals surface area contributed by atoms with Crippen molar-refractivity contribution in [1.29, 1.82) is 0 Å². The first-order chi connectivity index (χ1) is 7.66. The predicted molar refractivity (Wildman–Crippen MR) is 60.7 cm³/mol. The van der Waals surface area contributed by atoms with Gasteiger partial charge in [-0.2, -0.15) is 0 Å². The second-order valence-electron chi connectivity index (χ2n) is 3.66. The molecule has 1 heterocycles. The van der Waals surface area contributed by atoms with Gasteiger partial charge < -0.3 is 15.2 Å². The summed E-state index contributed by atoms with van der Waals surface area (Å²) < 4.78 is 5.25. The van der Waals surface area contributed by atoms with Crippen LogP contribution in [0.2, 0.25) is 5.02 Å². The Morgan fingerprint density at radius 1 is 1.56 bits per heavy atom. The van der Waals surface area contributed by atoms with Crippen LogP contribution in [-0.2, 0) is 9.53 Å². The van der Waals surface area contributed by atoms with Gasteiger partial charge in [-0.25, -0.2) is 0 Å². The molecule has 1 atom stereocenters. The zero-order valence-corrected chi connectivity index (χ0v) is 9.33. The number of phenols is 1. The van der Waals surface area contributed by atoms with Crippen LogP contribution in [-0.4, -0.2) is 23.7 Å². The van der Waals surface area contributed by atoms with Crippen LogP contribution in [0.25, 0.3) is 0 Å². The Hall–Kier alpha value is -1.26. The summed E-state index contributed by atoms with van der Waals surface area (Å²) in [4.78, 5) is 11.7. The minimum Gasteiger partial charge on any atom is -0.506 e. The molecule has 86 valence electrons. The second-order valence-corrected chi connectivity index (χ2v) is 4.06. The molecular formula is C11H12ClNO3. The molecule has 1 aromatic rings. The van der Waals surface area contributed by atoms with Gasteiger partial charge in [0.15, 0.2) is 0 Å². The molecule has 2 N–H and O–H groups in total. The van der Waals surface area contributed by atoms with Crippen molar-refractivity contribution in [2.24, 2.45) is 0 Å². The van der Waals surface area contributed by atoms with Gasteiger partial charge in [0, 0.05) is 12.3 Å². The van der Waals surface area contributed by atoms with Crippen molar-refractivity contribution in [3.05, 3.63) is 23.2 Å². The highest BCUT2D eigenvalue weighted by molar-refractivity contribution is 6.32. The van der Waals surface area contributed by atoms with Crippen molar-refractivity contribution in [1.82, 2.24) is 0 Å². The second kappa shape index (κ2) is 4.72. The molecule has 0 aliphatic carbocycles. The first kappa shape index (κ1) is 11.2. The van der Waals surface area contributed by atoms with Gasteiger partial charge >= 0.3 is 0 Å². The third kappa shape index (κ3) is 2.46. The number of rotatable bonds is 2. The van der Waals surface area contributed by atoms with E-state index in [0.717, 1.165) is 12.8 Å². The van der Waals surface area contributed by atoms with Crippen LogP contribution in [0.1, 0.15) is 12.8 Å². The van der Waals surface area contributed by atoms with Gasteiger partial charge in [0.1, 0.15) is 11.9 Å². The van der Waals surface area contributed by atoms with Crippen molar-refractivity contribution in [2.75, 3.05) is 11.9 Å². The predicted octanol–water partition coefficient (Wildman–Crippen LogP) is 2.16. The summed E-state index contributed by atoms with van der Waals surface area (Å²) in [6, 6.07) is 4.53. The number of halogens is 1. The van der Waals surface area contributed by atoms with Crippen molar-refractivity contribution >= 4 is 23.2 Å². The van der Waals surface area contributed by atoms with Crippen LogP contribution in [0.3, 0.4) is 0 Å². The molecule has 1 aromatic carbocycles. The van der Waals surface area contributed by atoms with Crippen LogP contribution >= 0.6 is 11.6 Å². The SMILES string of the molecule is O=C(Nc1ccc(O)c(Cl)c1)C1CCCO1. The molecule has 0 saturated carbocycles. The molecule has 0 spiro atoms. The first-order valence-electron chi connectivity index (χ1n) is 5.08. The maximum Gasteiger partial charge on any atom is 0.253 e. The number of nitrogens with one attached hydrogen (secondary N) is 1. The summed E-state index contributed by atoms with van der Waals surface area (Å²) in [6.07, 6.45) is 1.29. The number of aromatic hydroxyl groups is 1. The van der Waals surface area contributed by atoms with Gasteiger partial charge in [0.05, 0.1) is 5.02 Å². The summed E-state index contributed by atoms with van der Waals surface area (Å²) in [5.41, 5.74) is 0.559. The van der Waals surface area contributed by atoms with E-state index in [1.165, 1.54) is 12.1 Å². The number of hydrogen-bond acceptors (Lipinski definition) is 3. The molecule has 0 radical (unpaired) electrons. The van der Waals surface area contributed by atoms with E-state index in [-0.39, 0.29) is 22.8 Å². The third-order valence-electron chi connectivity index (χ3n) is 2.44. The number of amides is 1. The van der Waals surface area contributed by atoms with Gasteiger partial charge in [-0.05, 0) is 31.0 Å². The fourth-order valence-corrected chi connectivity index (χ4v) is 1.77. The van der Waals surface area contributed by atoms with Crippen LogP contribution in [0.15, 0.2) is 18.2 Å². The lowest BCUT2D eigenvalue weighted by Gasteiger charge is -2.10. The number of ether oxygens (including phenoxy) is 1. The smallest absolute Gasteiger partial charge is 0.253 e. The maximum atomic E-state index is 11.7. The van der Waals surface area contributed by atoms with E-state index >= 15 is 0 Å². The van der Waals surface area contributed by atoms with Gasteiger partial charge in [-0.15, -0.1) is 0 Å². The highest BCUT2D eigenvalue weighted by Crippen LogP contribution is 2.26. The number of phenolic OH excluding ortho intramolecular Hbond substituents is 1. The van der Waals surface area contributed by atoms with Gasteiger partial charge in [-0.3, -0.25) is 4.79 Å². The molecule has 0 bridgehead atoms. The fraction of sp³-hybridized carbons (Fsp3) is 0.364. The molecule has 16 heavy (non-hydrogen) atoms. The summed E-state index contributed by atoms with van der Waals surface area (Å²) in [6.45, 7) is 0.633. The van der Waals surface area contributed by atoms with E-state index in [0.29, 0.717) is 12.3 Å². The molecule has 2 rings (SSSR count). The molecule has 1 saturated heterocycles. The third-order valence-corrected chi connectivity index (χ3v) is 2.74. The summed E-state index contributed by atoms with van der Waals surface area (Å²) in [5.74, 6) is -0.170. The molecule has 1 fully saturated rings. The highest BCUT2D eigenvalue weighted by atomic mass is 35.5. The van der Waals surface area contributed by atoms with E-state index in [9.17, 15) is 9.90 Å². The lowest BCUT2D eigenvalue weighted by molar-refractivity contribution is -0.124. The van der Waals surface area contributed by atoms with Gasteiger partial charge in [-0.1, -0.05) is 11.6 Å². The summed E-state index contributed by atoms with van der Waals surface area (Å²) in [7, 11) is 0. The number of benzene rings is 1. The topological polar surface area (TPSA) is 58.6 Å². The van der Waals surface area contributed by atoms with Crippen LogP contribution < -0.4 is 5.32 Å². The van der Waals surface area contributed by atoms with E-state index in [2.05, 4.69) is 5.32 Å². The Kier molecular flexibility index (Phi) is 3.31. The molecule has 1 aliphatic heterocycles. The Bertz CT molecular complexity index is 402. The minimum absolute atomic E-state index is 0.00298. The summed E-state index contributed by atoms with van der Waals surface area (Å²) in [5, 5.41) is 12.1. The summed E-state index contributed by atoms with van der Waals surface area (Å²) >= 11 is 5.72. The number of carbonyl (C=O) groups is 1. The largest absolute Gasteiger partial charge is 0.506 e. The number of carbonyl (C=O) groups excluding carboxylic acids is 1. The van der Waals surface area contributed by atoms with Crippen molar-refractivity contribution in [3.8, 4) is 5.75 Å². The minimum atomic E-state index is -0.368. The van der Waals surface area contributed by atoms with Crippen LogP contribution in [0.4, 0.5) is 5.69 Å². The molecule has 5 heteroatoms. The highest BCUT2D eigenvalue weighted by Gasteiger charge is 2.23. The normalized spacial score (nSPS) is 19.7. The van der Waals surface area contributed by atoms with Gasteiger partial charge in [0.25, 0.3) is 5.91 Å². The van der Waals surface area contributed by atoms with Crippen molar-refractivity contribution in [2.45, 2.75) is 18.9 Å². The first-order valence-corrected chi connectivity index (χ1v) is 5.45. The lowest BCUT2D eigenvalue weighted by Crippen LogP contribution is -2.26. The van der Waals surface area contributed by atoms with E-state index in [1.807, 2.05) is 0 Å². The molecule has 1 aliphatic rings. The number of hydrogen-bond donors (Lipinski definition) is 2. The molecule has 1 unspecified atom stereocenters. The Balaban J connectivity index is 2.02. The quantitative estimate of drug-likeness (QED) is 0.780. The molecule has 1 amide bonds. The molecule has 0 aromatic heterocycles. The van der Waals surface area contributed by atoms with E-state index < -0.39 is 0 Å².